The second kappa shape index (κ2) is 6.88. The van der Waals surface area contributed by atoms with E-state index in [2.05, 4.69) is 66.8 Å². The van der Waals surface area contributed by atoms with Crippen LogP contribution in [0, 0.1) is 6.92 Å². The standard InChI is InChI=1S/C19H23NO/c1-15-7-9-17(10-8-15)19(16-5-3-2-4-6-16)21-18-11-13-20-14-12-18/h2-10,18-20H,11-14H2,1H3. The van der Waals surface area contributed by atoms with Crippen LogP contribution in [0.3, 0.4) is 0 Å². The molecule has 1 atom stereocenters. The SMILES string of the molecule is Cc1ccc(C(OC2CCNCC2)c2ccccc2)cc1. The van der Waals surface area contributed by atoms with E-state index < -0.39 is 0 Å². The van der Waals surface area contributed by atoms with Crippen molar-refractivity contribution in [1.29, 1.82) is 0 Å². The van der Waals surface area contributed by atoms with Gasteiger partial charge in [-0.15, -0.1) is 0 Å². The summed E-state index contributed by atoms with van der Waals surface area (Å²) in [6.07, 6.45) is 2.57. The topological polar surface area (TPSA) is 21.3 Å². The molecule has 3 rings (SSSR count). The first-order valence-corrected chi connectivity index (χ1v) is 7.80. The predicted molar refractivity (Wildman–Crippen MR) is 86.4 cm³/mol. The molecule has 2 heteroatoms. The first-order valence-electron chi connectivity index (χ1n) is 7.80. The molecule has 1 aliphatic heterocycles. The molecule has 0 aromatic heterocycles. The number of ether oxygens (including phenoxy) is 1. The molecule has 21 heavy (non-hydrogen) atoms. The van der Waals surface area contributed by atoms with Crippen LogP contribution in [-0.2, 0) is 4.74 Å². The van der Waals surface area contributed by atoms with Gasteiger partial charge in [-0.1, -0.05) is 60.2 Å². The van der Waals surface area contributed by atoms with Gasteiger partial charge in [-0.05, 0) is 44.0 Å². The maximum atomic E-state index is 6.46. The summed E-state index contributed by atoms with van der Waals surface area (Å²) in [5.41, 5.74) is 3.76. The molecule has 0 saturated carbocycles. The molecule has 0 aliphatic carbocycles. The van der Waals surface area contributed by atoms with Crippen LogP contribution in [0.25, 0.3) is 0 Å². The van der Waals surface area contributed by atoms with E-state index in [4.69, 9.17) is 4.74 Å². The van der Waals surface area contributed by atoms with E-state index in [0.29, 0.717) is 6.10 Å². The normalized spacial score (nSPS) is 17.6. The summed E-state index contributed by atoms with van der Waals surface area (Å²) in [6, 6.07) is 19.2. The number of piperidine rings is 1. The van der Waals surface area contributed by atoms with Crippen molar-refractivity contribution in [3.63, 3.8) is 0 Å². The van der Waals surface area contributed by atoms with Crippen molar-refractivity contribution in [3.05, 3.63) is 71.3 Å². The minimum absolute atomic E-state index is 0.0369. The van der Waals surface area contributed by atoms with E-state index in [0.717, 1.165) is 25.9 Å². The molecule has 1 N–H and O–H groups in total. The molecule has 0 bridgehead atoms. The van der Waals surface area contributed by atoms with Crippen molar-refractivity contribution in [2.75, 3.05) is 13.1 Å². The largest absolute Gasteiger partial charge is 0.365 e. The van der Waals surface area contributed by atoms with Crippen LogP contribution in [-0.4, -0.2) is 19.2 Å². The van der Waals surface area contributed by atoms with Gasteiger partial charge in [-0.25, -0.2) is 0 Å². The number of hydrogen-bond donors (Lipinski definition) is 1. The fourth-order valence-electron chi connectivity index (χ4n) is 2.84. The van der Waals surface area contributed by atoms with Crippen LogP contribution in [0.15, 0.2) is 54.6 Å². The number of aryl methyl sites for hydroxylation is 1. The summed E-state index contributed by atoms with van der Waals surface area (Å²) in [6.45, 7) is 4.23. The van der Waals surface area contributed by atoms with Crippen LogP contribution >= 0.6 is 0 Å². The summed E-state index contributed by atoms with van der Waals surface area (Å²) >= 11 is 0. The summed E-state index contributed by atoms with van der Waals surface area (Å²) in [5, 5.41) is 3.39. The number of nitrogens with one attached hydrogen (secondary N) is 1. The molecular weight excluding hydrogens is 258 g/mol. The lowest BCUT2D eigenvalue weighted by atomic mass is 9.99. The third-order valence-corrected chi connectivity index (χ3v) is 4.10. The summed E-state index contributed by atoms with van der Waals surface area (Å²) in [5.74, 6) is 0. The van der Waals surface area contributed by atoms with Crippen molar-refractivity contribution in [3.8, 4) is 0 Å². The minimum Gasteiger partial charge on any atom is -0.365 e. The first kappa shape index (κ1) is 14.3. The second-order valence-electron chi connectivity index (χ2n) is 5.79. The molecular formula is C19H23NO. The molecule has 0 amide bonds. The first-order chi connectivity index (χ1) is 10.3. The lowest BCUT2D eigenvalue weighted by Gasteiger charge is -2.28. The molecule has 0 spiro atoms. The zero-order valence-corrected chi connectivity index (χ0v) is 12.6. The molecule has 1 aliphatic rings. The molecule has 1 saturated heterocycles. The van der Waals surface area contributed by atoms with E-state index >= 15 is 0 Å². The third-order valence-electron chi connectivity index (χ3n) is 4.10. The Hall–Kier alpha value is -1.64. The van der Waals surface area contributed by atoms with E-state index in [1.54, 1.807) is 0 Å². The Balaban J connectivity index is 1.85. The Morgan fingerprint density at radius 3 is 2.19 bits per heavy atom. The summed E-state index contributed by atoms with van der Waals surface area (Å²) in [4.78, 5) is 0. The molecule has 2 aromatic rings. The highest BCUT2D eigenvalue weighted by atomic mass is 16.5. The summed E-state index contributed by atoms with van der Waals surface area (Å²) < 4.78 is 6.46. The zero-order valence-electron chi connectivity index (χ0n) is 12.6. The number of benzene rings is 2. The van der Waals surface area contributed by atoms with Crippen molar-refractivity contribution in [1.82, 2.24) is 5.32 Å². The smallest absolute Gasteiger partial charge is 0.108 e. The van der Waals surface area contributed by atoms with Gasteiger partial charge in [-0.2, -0.15) is 0 Å². The molecule has 0 radical (unpaired) electrons. The van der Waals surface area contributed by atoms with Crippen molar-refractivity contribution in [2.24, 2.45) is 0 Å². The van der Waals surface area contributed by atoms with Gasteiger partial charge in [-0.3, -0.25) is 0 Å². The Morgan fingerprint density at radius 1 is 0.905 bits per heavy atom. The highest BCUT2D eigenvalue weighted by molar-refractivity contribution is 5.31. The van der Waals surface area contributed by atoms with Gasteiger partial charge < -0.3 is 10.1 Å². The van der Waals surface area contributed by atoms with Crippen LogP contribution in [0.4, 0.5) is 0 Å². The lowest BCUT2D eigenvalue weighted by molar-refractivity contribution is -0.00805. The predicted octanol–water partition coefficient (Wildman–Crippen LogP) is 3.85. The van der Waals surface area contributed by atoms with Crippen LogP contribution in [0.1, 0.15) is 35.6 Å². The minimum atomic E-state index is 0.0369. The van der Waals surface area contributed by atoms with E-state index in [1.165, 1.54) is 16.7 Å². The van der Waals surface area contributed by atoms with E-state index in [-0.39, 0.29) is 6.10 Å². The van der Waals surface area contributed by atoms with Gasteiger partial charge in [0, 0.05) is 0 Å². The number of hydrogen-bond acceptors (Lipinski definition) is 2. The fourth-order valence-corrected chi connectivity index (χ4v) is 2.84. The third kappa shape index (κ3) is 3.72. The Morgan fingerprint density at radius 2 is 1.52 bits per heavy atom. The van der Waals surface area contributed by atoms with Crippen molar-refractivity contribution < 1.29 is 4.74 Å². The van der Waals surface area contributed by atoms with Gasteiger partial charge in [0.25, 0.3) is 0 Å². The molecule has 2 aromatic carbocycles. The average Bonchev–Trinajstić information content (AvgIpc) is 2.55. The fraction of sp³-hybridized carbons (Fsp3) is 0.368. The average molecular weight is 281 g/mol. The van der Waals surface area contributed by atoms with E-state index in [1.807, 2.05) is 0 Å². The monoisotopic (exact) mass is 281 g/mol. The highest BCUT2D eigenvalue weighted by Gasteiger charge is 2.21. The molecule has 1 unspecified atom stereocenters. The maximum Gasteiger partial charge on any atom is 0.108 e. The Labute approximate surface area is 127 Å². The Kier molecular flexibility index (Phi) is 4.69. The lowest BCUT2D eigenvalue weighted by Crippen LogP contribution is -2.33. The number of rotatable bonds is 4. The quantitative estimate of drug-likeness (QED) is 0.919. The Bertz CT molecular complexity index is 544. The second-order valence-corrected chi connectivity index (χ2v) is 5.79. The van der Waals surface area contributed by atoms with Crippen molar-refractivity contribution in [2.45, 2.75) is 32.0 Å². The van der Waals surface area contributed by atoms with Crippen LogP contribution in [0.5, 0.6) is 0 Å². The summed E-state index contributed by atoms with van der Waals surface area (Å²) in [7, 11) is 0. The molecule has 2 nitrogen and oxygen atoms in total. The molecule has 110 valence electrons. The molecule has 1 heterocycles. The molecule has 1 fully saturated rings. The van der Waals surface area contributed by atoms with Gasteiger partial charge >= 0.3 is 0 Å². The van der Waals surface area contributed by atoms with Gasteiger partial charge in [0.1, 0.15) is 6.10 Å². The maximum absolute atomic E-state index is 6.46. The highest BCUT2D eigenvalue weighted by Crippen LogP contribution is 2.29. The van der Waals surface area contributed by atoms with Gasteiger partial charge in [0.2, 0.25) is 0 Å². The van der Waals surface area contributed by atoms with Crippen LogP contribution < -0.4 is 5.32 Å². The van der Waals surface area contributed by atoms with Crippen molar-refractivity contribution >= 4 is 0 Å². The van der Waals surface area contributed by atoms with E-state index in [9.17, 15) is 0 Å². The van der Waals surface area contributed by atoms with Gasteiger partial charge in [0.05, 0.1) is 6.10 Å². The zero-order chi connectivity index (χ0) is 14.5. The van der Waals surface area contributed by atoms with Crippen LogP contribution in [0.2, 0.25) is 0 Å². The van der Waals surface area contributed by atoms with Gasteiger partial charge in [0.15, 0.2) is 0 Å².